The van der Waals surface area contributed by atoms with Crippen molar-refractivity contribution in [3.8, 4) is 0 Å². The molecular weight excluding hydrogens is 180 g/mol. The standard InChI is InChI=1S/C10H8N2O2/c1-7-2-8(5-14-7)10(13)9-3-11-6-12-4-9/h2-6H,1H3. The van der Waals surface area contributed by atoms with Crippen LogP contribution in [0.4, 0.5) is 0 Å². The maximum absolute atomic E-state index is 11.7. The number of furan rings is 1. The first-order valence-electron chi connectivity index (χ1n) is 4.12. The molecule has 4 nitrogen and oxygen atoms in total. The number of rotatable bonds is 2. The summed E-state index contributed by atoms with van der Waals surface area (Å²) in [5.41, 5.74) is 0.991. The van der Waals surface area contributed by atoms with Crippen LogP contribution in [0.3, 0.4) is 0 Å². The zero-order valence-corrected chi connectivity index (χ0v) is 7.60. The zero-order valence-electron chi connectivity index (χ0n) is 7.60. The molecule has 0 aliphatic carbocycles. The molecule has 4 heteroatoms. The van der Waals surface area contributed by atoms with Crippen molar-refractivity contribution < 1.29 is 9.21 Å². The largest absolute Gasteiger partial charge is 0.469 e. The monoisotopic (exact) mass is 188 g/mol. The van der Waals surface area contributed by atoms with E-state index in [1.165, 1.54) is 25.0 Å². The Labute approximate surface area is 80.6 Å². The van der Waals surface area contributed by atoms with E-state index in [0.717, 1.165) is 0 Å². The Morgan fingerprint density at radius 1 is 1.29 bits per heavy atom. The molecule has 0 saturated heterocycles. The molecule has 0 spiro atoms. The third-order valence-electron chi connectivity index (χ3n) is 1.82. The van der Waals surface area contributed by atoms with Gasteiger partial charge in [0.2, 0.25) is 0 Å². The van der Waals surface area contributed by atoms with Crippen molar-refractivity contribution in [1.29, 1.82) is 0 Å². The second kappa shape index (κ2) is 3.41. The molecule has 0 atom stereocenters. The fraction of sp³-hybridized carbons (Fsp3) is 0.100. The summed E-state index contributed by atoms with van der Waals surface area (Å²) in [5, 5.41) is 0. The van der Waals surface area contributed by atoms with Gasteiger partial charge in [-0.3, -0.25) is 4.79 Å². The Bertz CT molecular complexity index is 448. The summed E-state index contributed by atoms with van der Waals surface area (Å²) in [6.07, 6.45) is 5.79. The van der Waals surface area contributed by atoms with Gasteiger partial charge in [-0.1, -0.05) is 0 Å². The highest BCUT2D eigenvalue weighted by molar-refractivity contribution is 6.08. The van der Waals surface area contributed by atoms with E-state index in [0.29, 0.717) is 16.9 Å². The molecule has 0 bridgehead atoms. The van der Waals surface area contributed by atoms with Crippen molar-refractivity contribution in [2.75, 3.05) is 0 Å². The molecule has 0 radical (unpaired) electrons. The van der Waals surface area contributed by atoms with Gasteiger partial charge in [-0.2, -0.15) is 0 Å². The van der Waals surface area contributed by atoms with Gasteiger partial charge in [-0.25, -0.2) is 9.97 Å². The Morgan fingerprint density at radius 2 is 2.00 bits per heavy atom. The maximum atomic E-state index is 11.7. The number of aryl methyl sites for hydroxylation is 1. The Morgan fingerprint density at radius 3 is 2.57 bits per heavy atom. The van der Waals surface area contributed by atoms with Crippen molar-refractivity contribution in [2.24, 2.45) is 0 Å². The summed E-state index contributed by atoms with van der Waals surface area (Å²) in [7, 11) is 0. The van der Waals surface area contributed by atoms with Crippen molar-refractivity contribution in [1.82, 2.24) is 9.97 Å². The molecule has 70 valence electrons. The minimum absolute atomic E-state index is 0.123. The highest BCUT2D eigenvalue weighted by Gasteiger charge is 2.11. The average Bonchev–Trinajstić information content (AvgIpc) is 2.65. The van der Waals surface area contributed by atoms with Crippen LogP contribution in [0.25, 0.3) is 0 Å². The SMILES string of the molecule is Cc1cc(C(=O)c2cncnc2)co1. The molecular formula is C10H8N2O2. The fourth-order valence-electron chi connectivity index (χ4n) is 1.15. The summed E-state index contributed by atoms with van der Waals surface area (Å²) in [5.74, 6) is 0.590. The molecule has 2 heterocycles. The quantitative estimate of drug-likeness (QED) is 0.672. The maximum Gasteiger partial charge on any atom is 0.199 e. The number of carbonyl (C=O) groups excluding carboxylic acids is 1. The topological polar surface area (TPSA) is 56.0 Å². The van der Waals surface area contributed by atoms with Gasteiger partial charge in [-0.15, -0.1) is 0 Å². The molecule has 2 aromatic rings. The third kappa shape index (κ3) is 1.54. The first-order valence-corrected chi connectivity index (χ1v) is 4.12. The lowest BCUT2D eigenvalue weighted by Gasteiger charge is -1.93. The number of ketones is 1. The van der Waals surface area contributed by atoms with Gasteiger partial charge in [-0.05, 0) is 13.0 Å². The van der Waals surface area contributed by atoms with Gasteiger partial charge in [0.15, 0.2) is 5.78 Å². The zero-order chi connectivity index (χ0) is 9.97. The predicted molar refractivity (Wildman–Crippen MR) is 48.9 cm³/mol. The van der Waals surface area contributed by atoms with Crippen molar-refractivity contribution in [3.63, 3.8) is 0 Å². The summed E-state index contributed by atoms with van der Waals surface area (Å²) in [4.78, 5) is 19.3. The van der Waals surface area contributed by atoms with Crippen LogP contribution in [0, 0.1) is 6.92 Å². The molecule has 2 aromatic heterocycles. The third-order valence-corrected chi connectivity index (χ3v) is 1.82. The van der Waals surface area contributed by atoms with Gasteiger partial charge in [0.25, 0.3) is 0 Å². The summed E-state index contributed by atoms with van der Waals surface area (Å²) >= 11 is 0. The molecule has 0 fully saturated rings. The summed E-state index contributed by atoms with van der Waals surface area (Å²) < 4.78 is 5.05. The highest BCUT2D eigenvalue weighted by Crippen LogP contribution is 2.11. The van der Waals surface area contributed by atoms with Gasteiger partial charge >= 0.3 is 0 Å². The van der Waals surface area contributed by atoms with Crippen LogP contribution in [0.15, 0.2) is 35.5 Å². The second-order valence-electron chi connectivity index (χ2n) is 2.90. The van der Waals surface area contributed by atoms with E-state index in [1.54, 1.807) is 13.0 Å². The number of hydrogen-bond donors (Lipinski definition) is 0. The molecule has 0 aromatic carbocycles. The molecule has 0 unspecified atom stereocenters. The van der Waals surface area contributed by atoms with Crippen LogP contribution in [0.5, 0.6) is 0 Å². The highest BCUT2D eigenvalue weighted by atomic mass is 16.3. The molecule has 0 saturated carbocycles. The van der Waals surface area contributed by atoms with Crippen LogP contribution in [0.1, 0.15) is 21.7 Å². The van der Waals surface area contributed by atoms with E-state index in [4.69, 9.17) is 4.42 Å². The minimum atomic E-state index is -0.123. The van der Waals surface area contributed by atoms with Gasteiger partial charge < -0.3 is 4.42 Å². The lowest BCUT2D eigenvalue weighted by atomic mass is 10.1. The van der Waals surface area contributed by atoms with E-state index in [9.17, 15) is 4.79 Å². The Balaban J connectivity index is 2.34. The molecule has 0 aliphatic heterocycles. The normalized spacial score (nSPS) is 10.1. The lowest BCUT2D eigenvalue weighted by Crippen LogP contribution is -2.00. The number of aromatic nitrogens is 2. The van der Waals surface area contributed by atoms with Crippen LogP contribution in [0.2, 0.25) is 0 Å². The lowest BCUT2D eigenvalue weighted by molar-refractivity contribution is 0.103. The van der Waals surface area contributed by atoms with Gasteiger partial charge in [0.05, 0.1) is 11.1 Å². The molecule has 0 aliphatic rings. The molecule has 14 heavy (non-hydrogen) atoms. The Kier molecular flexibility index (Phi) is 2.10. The summed E-state index contributed by atoms with van der Waals surface area (Å²) in [6.45, 7) is 1.79. The van der Waals surface area contributed by atoms with E-state index >= 15 is 0 Å². The Hall–Kier alpha value is -1.97. The van der Waals surface area contributed by atoms with Crippen LogP contribution < -0.4 is 0 Å². The van der Waals surface area contributed by atoms with Crippen LogP contribution >= 0.6 is 0 Å². The average molecular weight is 188 g/mol. The first kappa shape index (κ1) is 8.62. The van der Waals surface area contributed by atoms with Gasteiger partial charge in [0.1, 0.15) is 18.4 Å². The van der Waals surface area contributed by atoms with Crippen LogP contribution in [-0.4, -0.2) is 15.8 Å². The predicted octanol–water partition coefficient (Wildman–Crippen LogP) is 1.61. The van der Waals surface area contributed by atoms with E-state index in [-0.39, 0.29) is 5.78 Å². The smallest absolute Gasteiger partial charge is 0.199 e. The summed E-state index contributed by atoms with van der Waals surface area (Å²) in [6, 6.07) is 1.69. The molecule has 0 amide bonds. The fourth-order valence-corrected chi connectivity index (χ4v) is 1.15. The number of hydrogen-bond acceptors (Lipinski definition) is 4. The van der Waals surface area contributed by atoms with Gasteiger partial charge in [0, 0.05) is 12.4 Å². The van der Waals surface area contributed by atoms with Crippen molar-refractivity contribution >= 4 is 5.78 Å². The van der Waals surface area contributed by atoms with E-state index in [1.807, 2.05) is 0 Å². The van der Waals surface area contributed by atoms with E-state index < -0.39 is 0 Å². The molecule has 0 N–H and O–H groups in total. The van der Waals surface area contributed by atoms with E-state index in [2.05, 4.69) is 9.97 Å². The molecule has 2 rings (SSSR count). The van der Waals surface area contributed by atoms with Crippen molar-refractivity contribution in [3.05, 3.63) is 47.9 Å². The first-order chi connectivity index (χ1) is 6.77. The number of carbonyl (C=O) groups is 1. The number of nitrogens with zero attached hydrogens (tertiary/aromatic N) is 2. The van der Waals surface area contributed by atoms with Crippen LogP contribution in [-0.2, 0) is 0 Å². The second-order valence-corrected chi connectivity index (χ2v) is 2.90. The minimum Gasteiger partial charge on any atom is -0.469 e. The van der Waals surface area contributed by atoms with Crippen molar-refractivity contribution in [2.45, 2.75) is 6.92 Å².